The van der Waals surface area contributed by atoms with Gasteiger partial charge in [0.25, 0.3) is 5.89 Å². The minimum absolute atomic E-state index is 0.251. The molecule has 5 heterocycles. The molecule has 33 heavy (non-hydrogen) atoms. The molecule has 0 saturated carbocycles. The number of aliphatic imine (C=N–C) groups is 1. The van der Waals surface area contributed by atoms with Crippen molar-refractivity contribution in [2.24, 2.45) is 4.99 Å². The minimum atomic E-state index is -0.251. The van der Waals surface area contributed by atoms with E-state index in [0.29, 0.717) is 30.1 Å². The summed E-state index contributed by atoms with van der Waals surface area (Å²) in [6.45, 7) is 10.6. The van der Waals surface area contributed by atoms with Crippen molar-refractivity contribution in [2.45, 2.75) is 39.2 Å². The molecule has 0 spiro atoms. The van der Waals surface area contributed by atoms with Gasteiger partial charge in [-0.1, -0.05) is 43.7 Å². The molecular weight excluding hydrogens is 416 g/mol. The molecule has 1 aliphatic heterocycles. The molecule has 0 radical (unpaired) electrons. The number of hydrogen-bond acceptors (Lipinski definition) is 7. The first-order valence-electron chi connectivity index (χ1n) is 11.0. The number of allylic oxidation sites excluding steroid dienone is 2. The molecule has 0 aromatic carbocycles. The SMILES string of the molecule is C=C/C=N\C(=C/C)c1nnc(N2CCc3[nH]cnc3[C@H]2c2cc3c(C(C)C)cccn3n2)o1. The van der Waals surface area contributed by atoms with Gasteiger partial charge in [-0.15, -0.1) is 5.10 Å². The molecule has 0 aliphatic carbocycles. The second-order valence-corrected chi connectivity index (χ2v) is 8.21. The van der Waals surface area contributed by atoms with Gasteiger partial charge in [0.15, 0.2) is 0 Å². The number of fused-ring (bicyclic) bond motifs is 2. The molecule has 0 fully saturated rings. The van der Waals surface area contributed by atoms with E-state index < -0.39 is 0 Å². The molecule has 1 aliphatic rings. The molecule has 9 nitrogen and oxygen atoms in total. The van der Waals surface area contributed by atoms with Crippen molar-refractivity contribution >= 4 is 23.4 Å². The van der Waals surface area contributed by atoms with E-state index in [9.17, 15) is 0 Å². The van der Waals surface area contributed by atoms with Gasteiger partial charge in [0.1, 0.15) is 11.7 Å². The van der Waals surface area contributed by atoms with Crippen molar-refractivity contribution in [3.63, 3.8) is 0 Å². The predicted octanol–water partition coefficient (Wildman–Crippen LogP) is 4.33. The number of aromatic amines is 1. The summed E-state index contributed by atoms with van der Waals surface area (Å²) in [6, 6.07) is 6.48. The Labute approximate surface area is 191 Å². The molecule has 0 saturated heterocycles. The van der Waals surface area contributed by atoms with Gasteiger partial charge in [-0.3, -0.25) is 4.99 Å². The third-order valence-corrected chi connectivity index (χ3v) is 5.85. The fourth-order valence-electron chi connectivity index (χ4n) is 4.28. The van der Waals surface area contributed by atoms with Crippen LogP contribution in [0.15, 0.2) is 58.9 Å². The molecule has 0 amide bonds. The second kappa shape index (κ2) is 8.50. The Morgan fingerprint density at radius 3 is 3.03 bits per heavy atom. The van der Waals surface area contributed by atoms with Crippen molar-refractivity contribution in [1.82, 2.24) is 29.8 Å². The second-order valence-electron chi connectivity index (χ2n) is 8.21. The molecule has 4 aromatic rings. The number of imidazole rings is 1. The quantitative estimate of drug-likeness (QED) is 0.446. The van der Waals surface area contributed by atoms with Crippen LogP contribution in [-0.4, -0.2) is 42.5 Å². The zero-order chi connectivity index (χ0) is 22.9. The molecule has 4 aromatic heterocycles. The maximum absolute atomic E-state index is 6.07. The molecule has 0 unspecified atom stereocenters. The number of anilines is 1. The summed E-state index contributed by atoms with van der Waals surface area (Å²) in [7, 11) is 0. The highest BCUT2D eigenvalue weighted by atomic mass is 16.4. The summed E-state index contributed by atoms with van der Waals surface area (Å²) in [5.41, 5.74) is 5.84. The van der Waals surface area contributed by atoms with Gasteiger partial charge < -0.3 is 14.3 Å². The Bertz CT molecular complexity index is 1360. The average molecular weight is 443 g/mol. The van der Waals surface area contributed by atoms with Crippen LogP contribution in [0.5, 0.6) is 0 Å². The molecule has 1 atom stereocenters. The van der Waals surface area contributed by atoms with Crippen LogP contribution in [-0.2, 0) is 6.42 Å². The number of aromatic nitrogens is 6. The Hall–Kier alpha value is -4.01. The van der Waals surface area contributed by atoms with Crippen molar-refractivity contribution in [3.05, 3.63) is 78.0 Å². The molecule has 168 valence electrons. The lowest BCUT2D eigenvalue weighted by Crippen LogP contribution is -2.36. The number of pyridine rings is 1. The minimum Gasteiger partial charge on any atom is -0.402 e. The van der Waals surface area contributed by atoms with Gasteiger partial charge in [-0.25, -0.2) is 9.50 Å². The summed E-state index contributed by atoms with van der Waals surface area (Å²) in [5, 5.41) is 13.5. The smallest absolute Gasteiger partial charge is 0.319 e. The van der Waals surface area contributed by atoms with E-state index in [-0.39, 0.29) is 6.04 Å². The molecule has 0 bridgehead atoms. The third-order valence-electron chi connectivity index (χ3n) is 5.85. The Morgan fingerprint density at radius 1 is 1.36 bits per heavy atom. The van der Waals surface area contributed by atoms with E-state index in [1.54, 1.807) is 18.6 Å². The van der Waals surface area contributed by atoms with Gasteiger partial charge in [0, 0.05) is 31.1 Å². The highest BCUT2D eigenvalue weighted by Crippen LogP contribution is 2.37. The standard InChI is InChI=1S/C24H26N8O/c1-5-10-25-17(6-2)23-28-29-24(33-23)31-12-9-18-21(27-14-26-18)22(31)19-13-20-16(15(3)4)8-7-11-32(20)30-19/h5-8,10-11,13-15,22H,1,9,12H2,2-4H3,(H,26,27)/b17-6-,25-10-/t22-/m1/s1. The topological polar surface area (TPSA) is 100 Å². The monoisotopic (exact) mass is 442 g/mol. The Kier molecular flexibility index (Phi) is 5.37. The molecule has 1 N–H and O–H groups in total. The van der Waals surface area contributed by atoms with Gasteiger partial charge >= 0.3 is 6.01 Å². The fourth-order valence-corrected chi connectivity index (χ4v) is 4.28. The van der Waals surface area contributed by atoms with Crippen molar-refractivity contribution in [2.75, 3.05) is 11.4 Å². The molecular formula is C24H26N8O. The van der Waals surface area contributed by atoms with Crippen LogP contribution in [0.2, 0.25) is 0 Å². The normalized spacial score (nSPS) is 16.8. The zero-order valence-corrected chi connectivity index (χ0v) is 18.9. The summed E-state index contributed by atoms with van der Waals surface area (Å²) in [6.07, 6.45) is 9.53. The predicted molar refractivity (Wildman–Crippen MR) is 127 cm³/mol. The lowest BCUT2D eigenvalue weighted by atomic mass is 9.99. The van der Waals surface area contributed by atoms with Crippen LogP contribution in [0.4, 0.5) is 6.01 Å². The Balaban J connectivity index is 1.59. The lowest BCUT2D eigenvalue weighted by Gasteiger charge is -2.32. The number of hydrogen-bond donors (Lipinski definition) is 1. The van der Waals surface area contributed by atoms with Gasteiger partial charge in [0.05, 0.1) is 23.2 Å². The van der Waals surface area contributed by atoms with E-state index in [4.69, 9.17) is 9.52 Å². The lowest BCUT2D eigenvalue weighted by molar-refractivity contribution is 0.487. The van der Waals surface area contributed by atoms with Crippen molar-refractivity contribution in [3.8, 4) is 0 Å². The van der Waals surface area contributed by atoms with Crippen LogP contribution in [0.3, 0.4) is 0 Å². The molecule has 9 heteroatoms. The van der Waals surface area contributed by atoms with E-state index in [2.05, 4.69) is 62.6 Å². The van der Waals surface area contributed by atoms with Crippen molar-refractivity contribution in [1.29, 1.82) is 0 Å². The summed E-state index contributed by atoms with van der Waals surface area (Å²) in [4.78, 5) is 14.3. The van der Waals surface area contributed by atoms with E-state index in [0.717, 1.165) is 29.0 Å². The van der Waals surface area contributed by atoms with E-state index in [1.807, 2.05) is 29.8 Å². The number of nitrogens with zero attached hydrogens (tertiary/aromatic N) is 7. The first kappa shape index (κ1) is 20.9. The average Bonchev–Trinajstić information content (AvgIpc) is 3.57. The van der Waals surface area contributed by atoms with Gasteiger partial charge in [-0.05, 0) is 30.5 Å². The number of H-pyrrole nitrogens is 1. The van der Waals surface area contributed by atoms with Crippen LogP contribution in [0.25, 0.3) is 11.2 Å². The largest absolute Gasteiger partial charge is 0.402 e. The third kappa shape index (κ3) is 3.65. The fraction of sp³-hybridized carbons (Fsp3) is 0.292. The van der Waals surface area contributed by atoms with E-state index >= 15 is 0 Å². The van der Waals surface area contributed by atoms with Crippen LogP contribution >= 0.6 is 0 Å². The summed E-state index contributed by atoms with van der Waals surface area (Å²) < 4.78 is 8.00. The van der Waals surface area contributed by atoms with E-state index in [1.165, 1.54) is 5.56 Å². The van der Waals surface area contributed by atoms with Gasteiger partial charge in [-0.2, -0.15) is 5.10 Å². The first-order valence-corrected chi connectivity index (χ1v) is 11.0. The number of rotatable bonds is 6. The van der Waals surface area contributed by atoms with Gasteiger partial charge in [0.2, 0.25) is 0 Å². The van der Waals surface area contributed by atoms with Crippen LogP contribution in [0.1, 0.15) is 61.3 Å². The summed E-state index contributed by atoms with van der Waals surface area (Å²) in [5.74, 6) is 0.741. The maximum Gasteiger partial charge on any atom is 0.319 e. The Morgan fingerprint density at radius 2 is 2.24 bits per heavy atom. The van der Waals surface area contributed by atoms with Crippen LogP contribution in [0, 0.1) is 0 Å². The maximum atomic E-state index is 6.07. The first-order chi connectivity index (χ1) is 16.1. The number of nitrogens with one attached hydrogen (secondary N) is 1. The van der Waals surface area contributed by atoms with Crippen molar-refractivity contribution < 1.29 is 4.42 Å². The molecule has 5 rings (SSSR count). The highest BCUT2D eigenvalue weighted by Gasteiger charge is 2.36. The highest BCUT2D eigenvalue weighted by molar-refractivity contribution is 5.77. The van der Waals surface area contributed by atoms with Crippen LogP contribution < -0.4 is 4.90 Å². The summed E-state index contributed by atoms with van der Waals surface area (Å²) >= 11 is 0. The zero-order valence-electron chi connectivity index (χ0n) is 18.9.